The lowest BCUT2D eigenvalue weighted by Gasteiger charge is -2.27. The molecule has 1 unspecified atom stereocenters. The van der Waals surface area contributed by atoms with Crippen LogP contribution < -0.4 is 0 Å². The fourth-order valence-corrected chi connectivity index (χ4v) is 4.77. The van der Waals surface area contributed by atoms with Gasteiger partial charge >= 0.3 is 0 Å². The minimum absolute atomic E-state index is 0. The van der Waals surface area contributed by atoms with Crippen LogP contribution in [-0.4, -0.2) is 15.2 Å². The first-order valence-corrected chi connectivity index (χ1v) is 11.6. The quantitative estimate of drug-likeness (QED) is 0.415. The Kier molecular flexibility index (Phi) is 6.28. The van der Waals surface area contributed by atoms with Crippen LogP contribution in [0.25, 0.3) is 22.2 Å². The zero-order chi connectivity index (χ0) is 22.8. The summed E-state index contributed by atoms with van der Waals surface area (Å²) >= 11 is 0. The second-order valence-electron chi connectivity index (χ2n) is 9.33. The molecule has 0 amide bonds. The summed E-state index contributed by atoms with van der Waals surface area (Å²) in [6.45, 7) is 3.73. The Hall–Kier alpha value is -2.81. The molecule has 3 aromatic rings. The van der Waals surface area contributed by atoms with Crippen LogP contribution in [0.4, 0.5) is 8.78 Å². The average Bonchev–Trinajstić information content (AvgIpc) is 3.32. The van der Waals surface area contributed by atoms with Gasteiger partial charge in [-0.15, -0.1) is 0 Å². The van der Waals surface area contributed by atoms with E-state index in [1.807, 2.05) is 26.0 Å². The molecule has 1 atom stereocenters. The summed E-state index contributed by atoms with van der Waals surface area (Å²) < 4.78 is 31.0. The van der Waals surface area contributed by atoms with Crippen LogP contribution in [0.3, 0.4) is 0 Å². The van der Waals surface area contributed by atoms with Crippen molar-refractivity contribution in [1.29, 1.82) is 5.26 Å². The van der Waals surface area contributed by atoms with E-state index in [1.165, 1.54) is 6.42 Å². The number of aromatic amines is 1. The van der Waals surface area contributed by atoms with Gasteiger partial charge in [0.15, 0.2) is 5.65 Å². The predicted molar refractivity (Wildman–Crippen MR) is 124 cm³/mol. The van der Waals surface area contributed by atoms with E-state index >= 15 is 8.78 Å². The SMILES string of the molecule is CCC(C)(C#N)c1cc(-c2ccnc3[nH]ncc23)cc(C(F)(F)CCC2CCCCC2)c1.[HH]. The number of hydrogen-bond donors (Lipinski definition) is 1. The number of fused-ring (bicyclic) bond motifs is 1. The van der Waals surface area contributed by atoms with Crippen LogP contribution >= 0.6 is 0 Å². The minimum atomic E-state index is -2.95. The van der Waals surface area contributed by atoms with Crippen LogP contribution in [0, 0.1) is 17.2 Å². The van der Waals surface area contributed by atoms with Gasteiger partial charge in [-0.2, -0.15) is 10.4 Å². The second-order valence-corrected chi connectivity index (χ2v) is 9.33. The van der Waals surface area contributed by atoms with Crippen molar-refractivity contribution in [3.63, 3.8) is 0 Å². The molecule has 170 valence electrons. The van der Waals surface area contributed by atoms with Crippen LogP contribution in [0.15, 0.2) is 36.7 Å². The van der Waals surface area contributed by atoms with Crippen molar-refractivity contribution in [2.24, 2.45) is 5.92 Å². The van der Waals surface area contributed by atoms with Gasteiger partial charge in [-0.05, 0) is 66.6 Å². The molecule has 32 heavy (non-hydrogen) atoms. The van der Waals surface area contributed by atoms with E-state index < -0.39 is 11.3 Å². The number of pyridine rings is 1. The molecule has 2 heterocycles. The Morgan fingerprint density at radius 3 is 2.66 bits per heavy atom. The summed E-state index contributed by atoms with van der Waals surface area (Å²) in [7, 11) is 0. The molecule has 1 N–H and O–H groups in total. The lowest BCUT2D eigenvalue weighted by Crippen LogP contribution is -2.21. The zero-order valence-electron chi connectivity index (χ0n) is 18.8. The second kappa shape index (κ2) is 8.97. The van der Waals surface area contributed by atoms with Gasteiger partial charge in [0.2, 0.25) is 0 Å². The van der Waals surface area contributed by atoms with Gasteiger partial charge in [-0.3, -0.25) is 5.10 Å². The average molecular weight is 439 g/mol. The van der Waals surface area contributed by atoms with Gasteiger partial charge in [-0.25, -0.2) is 13.8 Å². The molecule has 1 aromatic carbocycles. The van der Waals surface area contributed by atoms with Gasteiger partial charge in [0.25, 0.3) is 5.92 Å². The Bertz CT molecular complexity index is 1130. The van der Waals surface area contributed by atoms with Gasteiger partial charge in [0.05, 0.1) is 17.7 Å². The third-order valence-electron chi connectivity index (χ3n) is 7.20. The molecule has 0 aliphatic heterocycles. The van der Waals surface area contributed by atoms with Gasteiger partial charge in [0, 0.05) is 25.0 Å². The number of nitrogens with zero attached hydrogens (tertiary/aromatic N) is 3. The number of H-pyrrole nitrogens is 1. The highest BCUT2D eigenvalue weighted by Gasteiger charge is 2.35. The highest BCUT2D eigenvalue weighted by Crippen LogP contribution is 2.42. The van der Waals surface area contributed by atoms with Gasteiger partial charge in [-0.1, -0.05) is 39.0 Å². The summed E-state index contributed by atoms with van der Waals surface area (Å²) in [4.78, 5) is 4.26. The third-order valence-corrected chi connectivity index (χ3v) is 7.20. The molecular weight excluding hydrogens is 406 g/mol. The maximum Gasteiger partial charge on any atom is 0.273 e. The first-order chi connectivity index (χ1) is 15.4. The molecule has 4 nitrogen and oxygen atoms in total. The van der Waals surface area contributed by atoms with E-state index in [1.54, 1.807) is 24.5 Å². The normalized spacial score (nSPS) is 17.2. The molecule has 1 fully saturated rings. The highest BCUT2D eigenvalue weighted by molar-refractivity contribution is 5.92. The molecule has 0 spiro atoms. The Morgan fingerprint density at radius 1 is 1.19 bits per heavy atom. The number of nitrogens with one attached hydrogen (secondary N) is 1. The fraction of sp³-hybridized carbons (Fsp3) is 0.500. The van der Waals surface area contributed by atoms with Crippen LogP contribution in [0.5, 0.6) is 0 Å². The van der Waals surface area contributed by atoms with Crippen LogP contribution in [0.1, 0.15) is 77.8 Å². The largest absolute Gasteiger partial charge is 0.273 e. The molecular formula is C26H32F2N4. The Labute approximate surface area is 189 Å². The predicted octanol–water partition coefficient (Wildman–Crippen LogP) is 7.51. The third kappa shape index (κ3) is 4.39. The van der Waals surface area contributed by atoms with E-state index in [0.717, 1.165) is 36.6 Å². The molecule has 4 rings (SSSR count). The monoisotopic (exact) mass is 438 g/mol. The Balaban J connectivity index is 0.00000306. The highest BCUT2D eigenvalue weighted by atomic mass is 19.3. The number of halogens is 2. The van der Waals surface area contributed by atoms with Crippen molar-refractivity contribution in [2.75, 3.05) is 0 Å². The molecule has 6 heteroatoms. The molecule has 0 bridgehead atoms. The van der Waals surface area contributed by atoms with E-state index in [2.05, 4.69) is 21.3 Å². The minimum Gasteiger partial charge on any atom is -0.261 e. The van der Waals surface area contributed by atoms with Crippen molar-refractivity contribution in [1.82, 2.24) is 15.2 Å². The van der Waals surface area contributed by atoms with Crippen molar-refractivity contribution >= 4 is 11.0 Å². The van der Waals surface area contributed by atoms with Crippen LogP contribution in [0.2, 0.25) is 0 Å². The smallest absolute Gasteiger partial charge is 0.261 e. The molecule has 0 saturated heterocycles. The standard InChI is InChI=1S/C26H30F2N4.H2/c1-3-25(2,17-29)20-13-19(22-10-12-30-24-23(22)16-31-32-24)14-21(15-20)26(27,28)11-9-18-7-5-4-6-8-18;/h10,12-16,18H,3-9,11H2,1-2H3,(H,30,31,32);1H. The Morgan fingerprint density at radius 2 is 1.94 bits per heavy atom. The van der Waals surface area contributed by atoms with Gasteiger partial charge in [0.1, 0.15) is 0 Å². The van der Waals surface area contributed by atoms with E-state index in [4.69, 9.17) is 0 Å². The number of alkyl halides is 2. The van der Waals surface area contributed by atoms with Crippen molar-refractivity contribution < 1.29 is 10.2 Å². The van der Waals surface area contributed by atoms with Crippen molar-refractivity contribution in [2.45, 2.75) is 76.6 Å². The number of nitriles is 1. The topological polar surface area (TPSA) is 65.4 Å². The number of hydrogen-bond acceptors (Lipinski definition) is 3. The van der Waals surface area contributed by atoms with E-state index in [-0.39, 0.29) is 13.4 Å². The summed E-state index contributed by atoms with van der Waals surface area (Å²) in [5, 5.41) is 17.5. The summed E-state index contributed by atoms with van der Waals surface area (Å²) in [5.74, 6) is -2.56. The molecule has 2 aromatic heterocycles. The number of benzene rings is 1. The summed E-state index contributed by atoms with van der Waals surface area (Å²) in [5.41, 5.74) is 1.83. The van der Waals surface area contributed by atoms with E-state index in [0.29, 0.717) is 35.5 Å². The van der Waals surface area contributed by atoms with Crippen LogP contribution in [-0.2, 0) is 11.3 Å². The molecule has 1 saturated carbocycles. The first-order valence-electron chi connectivity index (χ1n) is 11.6. The van der Waals surface area contributed by atoms with E-state index in [9.17, 15) is 5.26 Å². The van der Waals surface area contributed by atoms with Crippen molar-refractivity contribution in [3.05, 3.63) is 47.8 Å². The lowest BCUT2D eigenvalue weighted by molar-refractivity contribution is -0.0205. The van der Waals surface area contributed by atoms with Gasteiger partial charge < -0.3 is 0 Å². The lowest BCUT2D eigenvalue weighted by atomic mass is 9.78. The number of aromatic nitrogens is 3. The van der Waals surface area contributed by atoms with Crippen molar-refractivity contribution in [3.8, 4) is 17.2 Å². The molecule has 1 aliphatic rings. The zero-order valence-corrected chi connectivity index (χ0v) is 18.8. The fourth-order valence-electron chi connectivity index (χ4n) is 4.77. The molecule has 0 radical (unpaired) electrons. The molecule has 1 aliphatic carbocycles. The first kappa shape index (κ1) is 22.4. The maximum atomic E-state index is 15.5. The maximum absolute atomic E-state index is 15.5. The summed E-state index contributed by atoms with van der Waals surface area (Å²) in [6, 6.07) is 9.16. The summed E-state index contributed by atoms with van der Waals surface area (Å²) in [6.07, 6.45) is 9.85. The number of rotatable bonds is 7.